The lowest BCUT2D eigenvalue weighted by Gasteiger charge is -2.33. The molecule has 0 radical (unpaired) electrons. The monoisotopic (exact) mass is 394 g/mol. The number of carbonyl (C=O) groups is 1. The smallest absolute Gasteiger partial charge is 0.310 e. The molecule has 0 saturated carbocycles. The molecule has 1 aromatic heterocycles. The number of aromatic nitrogens is 1. The molecule has 1 aliphatic rings. The largest absolute Gasteiger partial charge is 0.469 e. The highest BCUT2D eigenvalue weighted by molar-refractivity contribution is 6.07. The van der Waals surface area contributed by atoms with Gasteiger partial charge in [-0.1, -0.05) is 29.8 Å². The van der Waals surface area contributed by atoms with Gasteiger partial charge in [-0.3, -0.25) is 4.79 Å². The van der Waals surface area contributed by atoms with E-state index >= 15 is 0 Å². The van der Waals surface area contributed by atoms with Crippen molar-refractivity contribution in [2.75, 3.05) is 31.8 Å². The molecule has 0 spiro atoms. The molecule has 3 aromatic rings. The number of benzene rings is 2. The van der Waals surface area contributed by atoms with Gasteiger partial charge in [0.05, 0.1) is 24.7 Å². The number of methoxy groups -OCH3 is 1. The Bertz CT molecular complexity index is 1080. The van der Waals surface area contributed by atoms with E-state index in [1.165, 1.54) is 18.4 Å². The van der Waals surface area contributed by atoms with Crippen molar-refractivity contribution in [2.24, 2.45) is 0 Å². The third-order valence-corrected chi connectivity index (χ3v) is 6.06. The van der Waals surface area contributed by atoms with Gasteiger partial charge < -0.3 is 14.2 Å². The molecule has 4 nitrogen and oxygen atoms in total. The van der Waals surface area contributed by atoms with Crippen molar-refractivity contribution in [3.63, 3.8) is 0 Å². The number of hydrogen-bond acceptors (Lipinski definition) is 3. The number of aryl methyl sites for hydroxylation is 2. The lowest BCUT2D eigenvalue weighted by atomic mass is 9.88. The highest BCUT2D eigenvalue weighted by Gasteiger charge is 2.28. The summed E-state index contributed by atoms with van der Waals surface area (Å²) in [6.07, 6.45) is 0.197. The number of rotatable bonds is 5. The van der Waals surface area contributed by atoms with Crippen LogP contribution >= 0.6 is 0 Å². The predicted octanol–water partition coefficient (Wildman–Crippen LogP) is 4.74. The number of ether oxygens (including phenoxy) is 1. The van der Waals surface area contributed by atoms with Crippen LogP contribution in [0.25, 0.3) is 22.0 Å². The number of carbonyl (C=O) groups excluding carboxylic acids is 1. The van der Waals surface area contributed by atoms with E-state index in [0.29, 0.717) is 6.54 Å². The Labute approximate surface area is 170 Å². The number of esters is 1. The lowest BCUT2D eigenvalue weighted by Crippen LogP contribution is -2.34. The van der Waals surface area contributed by atoms with Crippen molar-refractivity contribution in [1.82, 2.24) is 4.57 Å². The third kappa shape index (κ3) is 3.18. The van der Waals surface area contributed by atoms with Gasteiger partial charge >= 0.3 is 5.97 Å². The molecule has 0 unspecified atom stereocenters. The molecule has 2 aromatic carbocycles. The molecule has 1 aliphatic heterocycles. The van der Waals surface area contributed by atoms with Crippen LogP contribution in [-0.4, -0.2) is 37.4 Å². The van der Waals surface area contributed by atoms with Crippen LogP contribution in [0.15, 0.2) is 30.3 Å². The van der Waals surface area contributed by atoms with Gasteiger partial charge in [0.2, 0.25) is 0 Å². The van der Waals surface area contributed by atoms with Crippen LogP contribution < -0.4 is 4.90 Å². The second-order valence-corrected chi connectivity index (χ2v) is 7.82. The Morgan fingerprint density at radius 2 is 1.86 bits per heavy atom. The summed E-state index contributed by atoms with van der Waals surface area (Å²) in [4.78, 5) is 14.4. The van der Waals surface area contributed by atoms with Crippen LogP contribution in [-0.2, 0) is 22.5 Å². The van der Waals surface area contributed by atoms with Crippen molar-refractivity contribution in [3.8, 4) is 11.1 Å². The van der Waals surface area contributed by atoms with Gasteiger partial charge in [-0.05, 0) is 49.1 Å². The highest BCUT2D eigenvalue weighted by atomic mass is 19.1. The molecule has 0 bridgehead atoms. The van der Waals surface area contributed by atoms with E-state index in [2.05, 4.69) is 53.6 Å². The summed E-state index contributed by atoms with van der Waals surface area (Å²) >= 11 is 0. The number of alkyl halides is 1. The number of anilines is 1. The van der Waals surface area contributed by atoms with E-state index < -0.39 is 6.67 Å². The normalized spacial score (nSPS) is 13.2. The first-order valence-electron chi connectivity index (χ1n) is 10.1. The van der Waals surface area contributed by atoms with Crippen LogP contribution in [0.1, 0.15) is 22.4 Å². The zero-order valence-corrected chi connectivity index (χ0v) is 17.5. The van der Waals surface area contributed by atoms with Crippen LogP contribution in [0, 0.1) is 20.8 Å². The van der Waals surface area contributed by atoms with Crippen molar-refractivity contribution in [1.29, 1.82) is 0 Å². The molecule has 0 amide bonds. The number of nitrogens with zero attached hydrogens (tertiary/aromatic N) is 2. The Kier molecular flexibility index (Phi) is 5.07. The van der Waals surface area contributed by atoms with Crippen molar-refractivity contribution >= 4 is 22.6 Å². The minimum absolute atomic E-state index is 0.197. The summed E-state index contributed by atoms with van der Waals surface area (Å²) in [6, 6.07) is 10.6. The summed E-state index contributed by atoms with van der Waals surface area (Å²) < 4.78 is 20.6. The van der Waals surface area contributed by atoms with E-state index in [9.17, 15) is 9.18 Å². The molecule has 0 N–H and O–H groups in total. The maximum atomic E-state index is 13.3. The van der Waals surface area contributed by atoms with Gasteiger partial charge in [0.1, 0.15) is 6.67 Å². The quantitative estimate of drug-likeness (QED) is 0.587. The van der Waals surface area contributed by atoms with Crippen molar-refractivity contribution in [2.45, 2.75) is 33.7 Å². The van der Waals surface area contributed by atoms with E-state index in [0.717, 1.165) is 51.9 Å². The molecule has 5 heteroatoms. The second kappa shape index (κ2) is 7.54. The first-order chi connectivity index (χ1) is 14.0. The molecule has 152 valence electrons. The van der Waals surface area contributed by atoms with Gasteiger partial charge in [-0.2, -0.15) is 0 Å². The molecule has 0 fully saturated rings. The van der Waals surface area contributed by atoms with Gasteiger partial charge in [0.15, 0.2) is 0 Å². The van der Waals surface area contributed by atoms with Gasteiger partial charge in [0.25, 0.3) is 0 Å². The van der Waals surface area contributed by atoms with E-state index in [1.54, 1.807) is 0 Å². The maximum absolute atomic E-state index is 13.3. The molecular formula is C24H27FN2O2. The molecule has 0 saturated heterocycles. The average Bonchev–Trinajstić information content (AvgIpc) is 3.04. The zero-order valence-electron chi connectivity index (χ0n) is 17.5. The van der Waals surface area contributed by atoms with E-state index in [-0.39, 0.29) is 12.4 Å². The molecule has 29 heavy (non-hydrogen) atoms. The molecular weight excluding hydrogens is 367 g/mol. The Hall–Kier alpha value is -2.82. The van der Waals surface area contributed by atoms with E-state index in [4.69, 9.17) is 4.74 Å². The first-order valence-corrected chi connectivity index (χ1v) is 10.1. The van der Waals surface area contributed by atoms with E-state index in [1.807, 2.05) is 6.92 Å². The second-order valence-electron chi connectivity index (χ2n) is 7.82. The molecule has 4 rings (SSSR count). The highest BCUT2D eigenvalue weighted by Crippen LogP contribution is 2.44. The van der Waals surface area contributed by atoms with Crippen molar-refractivity contribution < 1.29 is 13.9 Å². The topological polar surface area (TPSA) is 34.5 Å². The van der Waals surface area contributed by atoms with Crippen LogP contribution in [0.3, 0.4) is 0 Å². The summed E-state index contributed by atoms with van der Waals surface area (Å²) in [7, 11) is 1.42. The third-order valence-electron chi connectivity index (χ3n) is 6.06. The number of hydrogen-bond donors (Lipinski definition) is 0. The first kappa shape index (κ1) is 19.5. The SMILES string of the molecule is COC(=O)Cc1c(C)c2c3c(cc(C)n3CCN2CCF)c1-c1ccc(C)cc1. The fourth-order valence-electron chi connectivity index (χ4n) is 4.61. The summed E-state index contributed by atoms with van der Waals surface area (Å²) in [5, 5.41) is 1.12. The molecule has 0 atom stereocenters. The standard InChI is InChI=1S/C24H27FN2O2/c1-15-5-7-18(8-6-15)22-19(14-21(28)29-4)17(3)23-24-20(22)13-16(2)27(24)12-11-26(23)10-9-25/h5-8,13H,9-12,14H2,1-4H3. The van der Waals surface area contributed by atoms with Crippen molar-refractivity contribution in [3.05, 3.63) is 52.7 Å². The Morgan fingerprint density at radius 1 is 1.14 bits per heavy atom. The molecule has 2 heterocycles. The maximum Gasteiger partial charge on any atom is 0.310 e. The van der Waals surface area contributed by atoms with Crippen LogP contribution in [0.4, 0.5) is 10.1 Å². The van der Waals surface area contributed by atoms with Crippen LogP contribution in [0.2, 0.25) is 0 Å². The molecule has 0 aliphatic carbocycles. The summed E-state index contributed by atoms with van der Waals surface area (Å²) in [5.74, 6) is -0.267. The predicted molar refractivity (Wildman–Crippen MR) is 115 cm³/mol. The van der Waals surface area contributed by atoms with Gasteiger partial charge in [0, 0.05) is 30.7 Å². The van der Waals surface area contributed by atoms with Gasteiger partial charge in [-0.15, -0.1) is 0 Å². The Morgan fingerprint density at radius 3 is 2.52 bits per heavy atom. The van der Waals surface area contributed by atoms with Crippen LogP contribution in [0.5, 0.6) is 0 Å². The van der Waals surface area contributed by atoms with Gasteiger partial charge in [-0.25, -0.2) is 4.39 Å². The number of halogens is 1. The fourth-order valence-corrected chi connectivity index (χ4v) is 4.61. The minimum atomic E-state index is -0.396. The minimum Gasteiger partial charge on any atom is -0.469 e. The fraction of sp³-hybridized carbons (Fsp3) is 0.375. The Balaban J connectivity index is 2.09. The summed E-state index contributed by atoms with van der Waals surface area (Å²) in [6.45, 7) is 7.80. The summed E-state index contributed by atoms with van der Waals surface area (Å²) in [5.41, 5.74) is 8.73. The average molecular weight is 394 g/mol. The lowest BCUT2D eigenvalue weighted by molar-refractivity contribution is -0.139. The zero-order chi connectivity index (χ0) is 20.7.